The average Bonchev–Trinajstić information content (AvgIpc) is 2.86. The molecule has 0 atom stereocenters. The molecule has 0 aliphatic rings. The number of nitrogens with one attached hydrogen (secondary N) is 1. The molecular formula is C11H10BrN5S. The Morgan fingerprint density at radius 2 is 2.28 bits per heavy atom. The van der Waals surface area contributed by atoms with Gasteiger partial charge in [0.1, 0.15) is 6.33 Å². The second kappa shape index (κ2) is 4.33. The lowest BCUT2D eigenvalue weighted by Crippen LogP contribution is -2.05. The van der Waals surface area contributed by atoms with Crippen molar-refractivity contribution in [2.75, 3.05) is 0 Å². The van der Waals surface area contributed by atoms with Gasteiger partial charge in [0.25, 0.3) is 0 Å². The van der Waals surface area contributed by atoms with Crippen molar-refractivity contribution in [3.05, 3.63) is 39.6 Å². The number of hydrogen-bond acceptors (Lipinski definition) is 3. The Labute approximate surface area is 117 Å². The molecule has 92 valence electrons. The van der Waals surface area contributed by atoms with E-state index in [4.69, 9.17) is 12.2 Å². The number of aromatic nitrogens is 5. The topological polar surface area (TPSA) is 51.4 Å². The first-order valence-electron chi connectivity index (χ1n) is 5.36. The molecular weight excluding hydrogens is 314 g/mol. The van der Waals surface area contributed by atoms with Crippen molar-refractivity contribution in [2.24, 2.45) is 7.05 Å². The SMILES string of the molecule is Cn1cnnc1Cn1c(=S)[nH]c2ccc(Br)cc21. The van der Waals surface area contributed by atoms with Gasteiger partial charge in [0.2, 0.25) is 0 Å². The molecule has 0 aliphatic carbocycles. The highest BCUT2D eigenvalue weighted by atomic mass is 79.9. The summed E-state index contributed by atoms with van der Waals surface area (Å²) < 4.78 is 5.61. The molecule has 1 aromatic carbocycles. The van der Waals surface area contributed by atoms with Gasteiger partial charge >= 0.3 is 0 Å². The van der Waals surface area contributed by atoms with Gasteiger partial charge in [-0.1, -0.05) is 15.9 Å². The van der Waals surface area contributed by atoms with Crippen LogP contribution < -0.4 is 0 Å². The fourth-order valence-corrected chi connectivity index (χ4v) is 2.50. The minimum Gasteiger partial charge on any atom is -0.331 e. The van der Waals surface area contributed by atoms with E-state index >= 15 is 0 Å². The molecule has 2 aromatic heterocycles. The Kier molecular flexibility index (Phi) is 2.79. The van der Waals surface area contributed by atoms with Crippen molar-refractivity contribution < 1.29 is 0 Å². The zero-order valence-electron chi connectivity index (χ0n) is 9.59. The number of rotatable bonds is 2. The van der Waals surface area contributed by atoms with Crippen LogP contribution in [0.25, 0.3) is 11.0 Å². The maximum absolute atomic E-state index is 5.35. The summed E-state index contributed by atoms with van der Waals surface area (Å²) in [5.41, 5.74) is 2.07. The number of aryl methyl sites for hydroxylation is 1. The number of aromatic amines is 1. The quantitative estimate of drug-likeness (QED) is 0.737. The Bertz CT molecular complexity index is 769. The van der Waals surface area contributed by atoms with Gasteiger partial charge in [-0.25, -0.2) is 0 Å². The normalized spacial score (nSPS) is 11.2. The molecule has 7 heteroatoms. The fourth-order valence-electron chi connectivity index (χ4n) is 1.87. The minimum atomic E-state index is 0.603. The van der Waals surface area contributed by atoms with E-state index in [1.165, 1.54) is 0 Å². The van der Waals surface area contributed by atoms with E-state index in [-0.39, 0.29) is 0 Å². The highest BCUT2D eigenvalue weighted by Gasteiger charge is 2.08. The third-order valence-electron chi connectivity index (χ3n) is 2.84. The summed E-state index contributed by atoms with van der Waals surface area (Å²) in [6.07, 6.45) is 1.68. The van der Waals surface area contributed by atoms with Crippen LogP contribution in [0.4, 0.5) is 0 Å². The van der Waals surface area contributed by atoms with Gasteiger partial charge in [0.15, 0.2) is 10.6 Å². The van der Waals surface area contributed by atoms with Gasteiger partial charge in [-0.15, -0.1) is 10.2 Å². The van der Waals surface area contributed by atoms with Crippen molar-refractivity contribution in [3.8, 4) is 0 Å². The molecule has 5 nitrogen and oxygen atoms in total. The minimum absolute atomic E-state index is 0.603. The highest BCUT2D eigenvalue weighted by molar-refractivity contribution is 9.10. The number of fused-ring (bicyclic) bond motifs is 1. The van der Waals surface area contributed by atoms with Gasteiger partial charge in [-0.3, -0.25) is 0 Å². The number of benzene rings is 1. The van der Waals surface area contributed by atoms with Crippen molar-refractivity contribution in [1.29, 1.82) is 0 Å². The first-order chi connectivity index (χ1) is 8.65. The molecule has 2 heterocycles. The van der Waals surface area contributed by atoms with Crippen LogP contribution in [0.3, 0.4) is 0 Å². The molecule has 18 heavy (non-hydrogen) atoms. The summed E-state index contributed by atoms with van der Waals surface area (Å²) in [7, 11) is 1.92. The van der Waals surface area contributed by atoms with Crippen LogP contribution in [0.2, 0.25) is 0 Å². The Morgan fingerprint density at radius 1 is 1.44 bits per heavy atom. The first-order valence-corrected chi connectivity index (χ1v) is 6.56. The van der Waals surface area contributed by atoms with E-state index in [2.05, 4.69) is 31.1 Å². The van der Waals surface area contributed by atoms with E-state index in [1.807, 2.05) is 34.4 Å². The van der Waals surface area contributed by atoms with E-state index in [0.717, 1.165) is 21.3 Å². The van der Waals surface area contributed by atoms with E-state index in [0.29, 0.717) is 11.3 Å². The Hall–Kier alpha value is -1.47. The lowest BCUT2D eigenvalue weighted by molar-refractivity contribution is 0.705. The summed E-state index contributed by atoms with van der Waals surface area (Å²) in [5.74, 6) is 0.868. The molecule has 0 spiro atoms. The first kappa shape index (κ1) is 11.6. The number of halogens is 1. The third kappa shape index (κ3) is 1.89. The van der Waals surface area contributed by atoms with Crippen molar-refractivity contribution in [3.63, 3.8) is 0 Å². The lowest BCUT2D eigenvalue weighted by Gasteiger charge is -2.04. The maximum Gasteiger partial charge on any atom is 0.178 e. The van der Waals surface area contributed by atoms with Gasteiger partial charge in [-0.2, -0.15) is 0 Å². The smallest absolute Gasteiger partial charge is 0.178 e. The van der Waals surface area contributed by atoms with Crippen LogP contribution in [-0.2, 0) is 13.6 Å². The molecule has 0 bridgehead atoms. The van der Waals surface area contributed by atoms with Crippen LogP contribution in [-0.4, -0.2) is 24.3 Å². The van der Waals surface area contributed by atoms with Crippen LogP contribution in [0.15, 0.2) is 29.0 Å². The van der Waals surface area contributed by atoms with Gasteiger partial charge < -0.3 is 14.1 Å². The van der Waals surface area contributed by atoms with Crippen LogP contribution in [0, 0.1) is 4.77 Å². The van der Waals surface area contributed by atoms with E-state index < -0.39 is 0 Å². The Morgan fingerprint density at radius 3 is 3.00 bits per heavy atom. The maximum atomic E-state index is 5.35. The van der Waals surface area contributed by atoms with Crippen LogP contribution in [0.1, 0.15) is 5.82 Å². The molecule has 0 aliphatic heterocycles. The van der Waals surface area contributed by atoms with Crippen LogP contribution in [0.5, 0.6) is 0 Å². The average molecular weight is 324 g/mol. The monoisotopic (exact) mass is 323 g/mol. The molecule has 0 saturated carbocycles. The zero-order chi connectivity index (χ0) is 12.7. The molecule has 1 N–H and O–H groups in total. The molecule has 3 rings (SSSR count). The summed E-state index contributed by atoms with van der Waals surface area (Å²) in [6, 6.07) is 6.03. The van der Waals surface area contributed by atoms with Gasteiger partial charge in [0, 0.05) is 11.5 Å². The highest BCUT2D eigenvalue weighted by Crippen LogP contribution is 2.20. The number of imidazole rings is 1. The lowest BCUT2D eigenvalue weighted by atomic mass is 10.3. The zero-order valence-corrected chi connectivity index (χ0v) is 12.0. The number of H-pyrrole nitrogens is 1. The molecule has 0 amide bonds. The summed E-state index contributed by atoms with van der Waals surface area (Å²) in [5, 5.41) is 7.96. The summed E-state index contributed by atoms with van der Waals surface area (Å²) >= 11 is 8.82. The van der Waals surface area contributed by atoms with Gasteiger partial charge in [0.05, 0.1) is 17.6 Å². The predicted molar refractivity (Wildman–Crippen MR) is 74.9 cm³/mol. The predicted octanol–water partition coefficient (Wildman–Crippen LogP) is 2.64. The molecule has 0 saturated heterocycles. The number of nitrogens with zero attached hydrogens (tertiary/aromatic N) is 4. The molecule has 0 radical (unpaired) electrons. The van der Waals surface area contributed by atoms with Crippen LogP contribution >= 0.6 is 28.1 Å². The largest absolute Gasteiger partial charge is 0.331 e. The van der Waals surface area contributed by atoms with Crippen molar-refractivity contribution in [1.82, 2.24) is 24.3 Å². The standard InChI is InChI=1S/C11H10BrN5S/c1-16-6-13-15-10(16)5-17-9-4-7(12)2-3-8(9)14-11(17)18/h2-4,6H,5H2,1H3,(H,14,18). The molecule has 0 fully saturated rings. The molecule has 0 unspecified atom stereocenters. The summed E-state index contributed by atoms with van der Waals surface area (Å²) in [6.45, 7) is 0.603. The Balaban J connectivity index is 2.17. The van der Waals surface area contributed by atoms with Crippen molar-refractivity contribution >= 4 is 39.2 Å². The van der Waals surface area contributed by atoms with E-state index in [9.17, 15) is 0 Å². The van der Waals surface area contributed by atoms with Crippen molar-refractivity contribution in [2.45, 2.75) is 6.54 Å². The van der Waals surface area contributed by atoms with Gasteiger partial charge in [-0.05, 0) is 30.4 Å². The fraction of sp³-hybridized carbons (Fsp3) is 0.182. The third-order valence-corrected chi connectivity index (χ3v) is 3.66. The summed E-state index contributed by atoms with van der Waals surface area (Å²) in [4.78, 5) is 3.19. The second-order valence-corrected chi connectivity index (χ2v) is 5.34. The second-order valence-electron chi connectivity index (χ2n) is 4.04. The van der Waals surface area contributed by atoms with E-state index in [1.54, 1.807) is 6.33 Å². The molecule has 3 aromatic rings. The number of hydrogen-bond donors (Lipinski definition) is 1.